The summed E-state index contributed by atoms with van der Waals surface area (Å²) in [4.78, 5) is 19.3. The highest BCUT2D eigenvalue weighted by molar-refractivity contribution is 5.93. The lowest BCUT2D eigenvalue weighted by atomic mass is 10.0. The Balaban J connectivity index is 1.47. The molecule has 0 saturated carbocycles. The molecule has 2 fully saturated rings. The molecule has 0 unspecified atom stereocenters. The predicted molar refractivity (Wildman–Crippen MR) is 91.9 cm³/mol. The maximum Gasteiger partial charge on any atom is 0.254 e. The van der Waals surface area contributed by atoms with Crippen molar-refractivity contribution in [1.82, 2.24) is 25.0 Å². The molecular weight excluding hydrogens is 318 g/mol. The van der Waals surface area contributed by atoms with Gasteiger partial charge in [-0.15, -0.1) is 0 Å². The molecule has 25 heavy (non-hydrogen) atoms. The Morgan fingerprint density at radius 3 is 3.12 bits per heavy atom. The fourth-order valence-corrected chi connectivity index (χ4v) is 3.85. The Labute approximate surface area is 147 Å². The van der Waals surface area contributed by atoms with E-state index in [0.29, 0.717) is 11.6 Å². The van der Waals surface area contributed by atoms with Crippen LogP contribution in [0.25, 0.3) is 0 Å². The lowest BCUT2D eigenvalue weighted by Crippen LogP contribution is -2.47. The molecule has 2 saturated heterocycles. The van der Waals surface area contributed by atoms with E-state index < -0.39 is 0 Å². The van der Waals surface area contributed by atoms with E-state index in [-0.39, 0.29) is 18.1 Å². The molecule has 0 aromatic carbocycles. The van der Waals surface area contributed by atoms with Gasteiger partial charge in [-0.1, -0.05) is 6.07 Å². The molecule has 2 aromatic rings. The van der Waals surface area contributed by atoms with Crippen molar-refractivity contribution < 1.29 is 9.53 Å². The van der Waals surface area contributed by atoms with Gasteiger partial charge >= 0.3 is 0 Å². The van der Waals surface area contributed by atoms with E-state index in [1.165, 1.54) is 0 Å². The highest BCUT2D eigenvalue weighted by Gasteiger charge is 2.44. The van der Waals surface area contributed by atoms with Crippen molar-refractivity contribution in [3.8, 4) is 0 Å². The van der Waals surface area contributed by atoms with E-state index >= 15 is 0 Å². The molecule has 0 bridgehead atoms. The monoisotopic (exact) mass is 341 g/mol. The average Bonchev–Trinajstić information content (AvgIpc) is 3.21. The van der Waals surface area contributed by atoms with E-state index in [0.717, 1.165) is 38.2 Å². The minimum atomic E-state index is -0.0919. The van der Waals surface area contributed by atoms with Crippen molar-refractivity contribution in [1.29, 1.82) is 0 Å². The zero-order chi connectivity index (χ0) is 17.2. The molecule has 7 nitrogen and oxygen atoms in total. The number of fused-ring (bicyclic) bond motifs is 1. The number of pyridine rings is 1. The SMILES string of the molecule is Cn1cc(C(=O)N[C@@H]2CN(Cc3ccccn3)[C@@H]3CCCO[C@@H]32)cn1. The molecule has 0 radical (unpaired) electrons. The second-order valence-corrected chi connectivity index (χ2v) is 6.78. The van der Waals surface area contributed by atoms with Gasteiger partial charge in [0.05, 0.1) is 29.6 Å². The fourth-order valence-electron chi connectivity index (χ4n) is 3.85. The summed E-state index contributed by atoms with van der Waals surface area (Å²) in [7, 11) is 1.81. The summed E-state index contributed by atoms with van der Waals surface area (Å²) in [6, 6.07) is 6.29. The Kier molecular flexibility index (Phi) is 4.50. The van der Waals surface area contributed by atoms with Crippen LogP contribution in [0.5, 0.6) is 0 Å². The van der Waals surface area contributed by atoms with Gasteiger partial charge in [-0.2, -0.15) is 5.10 Å². The minimum absolute atomic E-state index is 0.0123. The number of nitrogens with one attached hydrogen (secondary N) is 1. The van der Waals surface area contributed by atoms with E-state index in [4.69, 9.17) is 4.74 Å². The topological polar surface area (TPSA) is 72.3 Å². The molecule has 3 atom stereocenters. The summed E-state index contributed by atoms with van der Waals surface area (Å²) >= 11 is 0. The van der Waals surface area contributed by atoms with Gasteiger partial charge in [-0.3, -0.25) is 19.4 Å². The van der Waals surface area contributed by atoms with Crippen molar-refractivity contribution in [2.75, 3.05) is 13.2 Å². The molecule has 4 heterocycles. The second kappa shape index (κ2) is 6.93. The predicted octanol–water partition coefficient (Wildman–Crippen LogP) is 0.977. The zero-order valence-corrected chi connectivity index (χ0v) is 14.3. The first-order valence-electron chi connectivity index (χ1n) is 8.76. The molecule has 7 heteroatoms. The number of carbonyl (C=O) groups is 1. The molecule has 2 aliphatic heterocycles. The van der Waals surface area contributed by atoms with Crippen LogP contribution < -0.4 is 5.32 Å². The number of amides is 1. The maximum atomic E-state index is 12.5. The maximum absolute atomic E-state index is 12.5. The quantitative estimate of drug-likeness (QED) is 0.897. The lowest BCUT2D eigenvalue weighted by Gasteiger charge is -2.32. The fraction of sp³-hybridized carbons (Fsp3) is 0.500. The van der Waals surface area contributed by atoms with Gasteiger partial charge in [0.25, 0.3) is 5.91 Å². The molecule has 2 aliphatic rings. The third kappa shape index (κ3) is 3.43. The number of likely N-dealkylation sites (tertiary alicyclic amines) is 1. The van der Waals surface area contributed by atoms with Crippen molar-refractivity contribution in [3.63, 3.8) is 0 Å². The van der Waals surface area contributed by atoms with E-state index in [1.54, 1.807) is 24.1 Å². The smallest absolute Gasteiger partial charge is 0.254 e. The van der Waals surface area contributed by atoms with Gasteiger partial charge in [0, 0.05) is 45.2 Å². The first-order valence-corrected chi connectivity index (χ1v) is 8.76. The van der Waals surface area contributed by atoms with Crippen molar-refractivity contribution in [2.24, 2.45) is 7.05 Å². The Morgan fingerprint density at radius 2 is 2.36 bits per heavy atom. The molecule has 0 aliphatic carbocycles. The summed E-state index contributed by atoms with van der Waals surface area (Å²) < 4.78 is 7.66. The van der Waals surface area contributed by atoms with E-state index in [2.05, 4.69) is 20.3 Å². The van der Waals surface area contributed by atoms with Gasteiger partial charge < -0.3 is 10.1 Å². The van der Waals surface area contributed by atoms with Crippen LogP contribution in [0.15, 0.2) is 36.8 Å². The van der Waals surface area contributed by atoms with E-state index in [1.807, 2.05) is 24.4 Å². The number of aryl methyl sites for hydroxylation is 1. The lowest BCUT2D eigenvalue weighted by molar-refractivity contribution is -0.0212. The summed E-state index contributed by atoms with van der Waals surface area (Å²) in [5.41, 5.74) is 1.63. The molecule has 0 spiro atoms. The van der Waals surface area contributed by atoms with Crippen LogP contribution in [0.2, 0.25) is 0 Å². The Hall–Kier alpha value is -2.25. The number of nitrogens with zero attached hydrogens (tertiary/aromatic N) is 4. The number of ether oxygens (including phenoxy) is 1. The summed E-state index contributed by atoms with van der Waals surface area (Å²) in [6.45, 7) is 2.32. The van der Waals surface area contributed by atoms with Crippen LogP contribution in [-0.2, 0) is 18.3 Å². The number of aromatic nitrogens is 3. The van der Waals surface area contributed by atoms with Crippen molar-refractivity contribution in [3.05, 3.63) is 48.0 Å². The Bertz CT molecular complexity index is 732. The second-order valence-electron chi connectivity index (χ2n) is 6.78. The third-order valence-corrected chi connectivity index (χ3v) is 5.01. The molecular formula is C18H23N5O2. The normalized spacial score (nSPS) is 26.4. The number of hydrogen-bond donors (Lipinski definition) is 1. The molecule has 4 rings (SSSR count). The van der Waals surface area contributed by atoms with Crippen LogP contribution in [0.4, 0.5) is 0 Å². The van der Waals surface area contributed by atoms with Gasteiger partial charge in [-0.25, -0.2) is 0 Å². The molecule has 2 aromatic heterocycles. The van der Waals surface area contributed by atoms with Crippen LogP contribution in [0, 0.1) is 0 Å². The number of rotatable bonds is 4. The summed E-state index contributed by atoms with van der Waals surface area (Å²) in [5, 5.41) is 7.21. The molecule has 1 amide bonds. The van der Waals surface area contributed by atoms with Gasteiger partial charge in [0.15, 0.2) is 0 Å². The zero-order valence-electron chi connectivity index (χ0n) is 14.3. The average molecular weight is 341 g/mol. The van der Waals surface area contributed by atoms with Crippen LogP contribution in [0.3, 0.4) is 0 Å². The minimum Gasteiger partial charge on any atom is -0.374 e. The van der Waals surface area contributed by atoms with Gasteiger partial charge in [-0.05, 0) is 25.0 Å². The van der Waals surface area contributed by atoms with Crippen LogP contribution in [0.1, 0.15) is 28.9 Å². The Morgan fingerprint density at radius 1 is 1.44 bits per heavy atom. The molecule has 1 N–H and O–H groups in total. The van der Waals surface area contributed by atoms with Crippen molar-refractivity contribution >= 4 is 5.91 Å². The highest BCUT2D eigenvalue weighted by atomic mass is 16.5. The van der Waals surface area contributed by atoms with Crippen LogP contribution in [-0.4, -0.2) is 56.9 Å². The van der Waals surface area contributed by atoms with Gasteiger partial charge in [0.1, 0.15) is 0 Å². The third-order valence-electron chi connectivity index (χ3n) is 5.01. The first kappa shape index (κ1) is 16.2. The molecule has 132 valence electrons. The summed E-state index contributed by atoms with van der Waals surface area (Å²) in [6.07, 6.45) is 7.34. The first-order chi connectivity index (χ1) is 12.2. The van der Waals surface area contributed by atoms with Crippen LogP contribution >= 0.6 is 0 Å². The number of hydrogen-bond acceptors (Lipinski definition) is 5. The standard InChI is InChI=1S/C18H23N5O2/c1-22-10-13(9-20-22)18(24)21-15-12-23(11-14-5-2-3-7-19-14)16-6-4-8-25-17(15)16/h2-3,5,7,9-10,15-17H,4,6,8,11-12H2,1H3,(H,21,24)/t15-,16-,17-/m1/s1. The highest BCUT2D eigenvalue weighted by Crippen LogP contribution is 2.30. The van der Waals surface area contributed by atoms with Gasteiger partial charge in [0.2, 0.25) is 0 Å². The summed E-state index contributed by atoms with van der Waals surface area (Å²) in [5.74, 6) is -0.0919. The van der Waals surface area contributed by atoms with E-state index in [9.17, 15) is 4.79 Å². The van der Waals surface area contributed by atoms with Crippen molar-refractivity contribution in [2.45, 2.75) is 37.6 Å². The number of carbonyl (C=O) groups excluding carboxylic acids is 1. The largest absolute Gasteiger partial charge is 0.374 e.